The summed E-state index contributed by atoms with van der Waals surface area (Å²) < 4.78 is 8.44. The molecule has 128 valence electrons. The first kappa shape index (κ1) is 14.9. The molecule has 0 radical (unpaired) electrons. The van der Waals surface area contributed by atoms with Crippen LogP contribution in [0.3, 0.4) is 0 Å². The van der Waals surface area contributed by atoms with Crippen molar-refractivity contribution in [2.24, 2.45) is 0 Å². The third kappa shape index (κ3) is 1.96. The molecular weight excluding hydrogens is 354 g/mol. The first-order chi connectivity index (χ1) is 13.3. The first-order valence-corrected chi connectivity index (χ1v) is 9.29. The Morgan fingerprint density at radius 3 is 2.26 bits per heavy atom. The summed E-state index contributed by atoms with van der Waals surface area (Å²) in [7, 11) is 0. The predicted octanol–water partition coefficient (Wildman–Crippen LogP) is 7.34. The van der Waals surface area contributed by atoms with Gasteiger partial charge in [0.2, 0.25) is 0 Å². The van der Waals surface area contributed by atoms with Crippen molar-refractivity contribution in [1.29, 1.82) is 0 Å². The molecule has 0 spiro atoms. The molecule has 4 aromatic carbocycles. The van der Waals surface area contributed by atoms with Crippen molar-refractivity contribution >= 4 is 55.3 Å². The summed E-state index contributed by atoms with van der Waals surface area (Å²) in [6.45, 7) is 0. The van der Waals surface area contributed by atoms with Crippen LogP contribution in [-0.2, 0) is 0 Å². The summed E-state index contributed by atoms with van der Waals surface area (Å²) in [5.74, 6) is 0. The first-order valence-electron chi connectivity index (χ1n) is 8.91. The van der Waals surface area contributed by atoms with Gasteiger partial charge in [-0.05, 0) is 30.3 Å². The maximum absolute atomic E-state index is 6.66. The lowest BCUT2D eigenvalue weighted by Gasteiger charge is -2.08. The van der Waals surface area contributed by atoms with Crippen molar-refractivity contribution in [1.82, 2.24) is 4.57 Å². The summed E-state index contributed by atoms with van der Waals surface area (Å²) >= 11 is 6.66. The number of furan rings is 1. The fraction of sp³-hybridized carbons (Fsp3) is 0. The van der Waals surface area contributed by atoms with Crippen LogP contribution in [0.4, 0.5) is 0 Å². The van der Waals surface area contributed by atoms with Crippen LogP contribution in [0.15, 0.2) is 89.3 Å². The Labute approximate surface area is 160 Å². The number of hydrogen-bond donors (Lipinski definition) is 0. The monoisotopic (exact) mass is 367 g/mol. The van der Waals surface area contributed by atoms with Crippen molar-refractivity contribution in [3.05, 3.63) is 90.0 Å². The molecule has 2 nitrogen and oxygen atoms in total. The molecule has 0 saturated carbocycles. The highest BCUT2D eigenvalue weighted by Gasteiger charge is 2.20. The molecule has 0 atom stereocenters. The van der Waals surface area contributed by atoms with Crippen LogP contribution in [0, 0.1) is 0 Å². The van der Waals surface area contributed by atoms with Crippen LogP contribution < -0.4 is 0 Å². The largest absolute Gasteiger partial charge is 0.454 e. The molecule has 0 bridgehead atoms. The van der Waals surface area contributed by atoms with Crippen molar-refractivity contribution in [3.8, 4) is 5.69 Å². The van der Waals surface area contributed by atoms with Gasteiger partial charge in [0.1, 0.15) is 5.58 Å². The van der Waals surface area contributed by atoms with Gasteiger partial charge in [0.15, 0.2) is 5.58 Å². The van der Waals surface area contributed by atoms with Crippen molar-refractivity contribution in [2.45, 2.75) is 0 Å². The molecule has 0 unspecified atom stereocenters. The lowest BCUT2D eigenvalue weighted by molar-refractivity contribution is 0.669. The van der Waals surface area contributed by atoms with Crippen LogP contribution in [0.25, 0.3) is 49.4 Å². The molecule has 0 amide bonds. The van der Waals surface area contributed by atoms with E-state index in [4.69, 9.17) is 16.0 Å². The fourth-order valence-electron chi connectivity index (χ4n) is 4.14. The standard InChI is InChI=1S/C24H14ClNO/c25-19-14-18-16-10-4-6-12-20(16)26(15-8-2-1-3-9-15)23(18)22-17-11-5-7-13-21(17)27-24(19)22/h1-14H. The molecule has 0 aliphatic rings. The topological polar surface area (TPSA) is 18.1 Å². The van der Waals surface area contributed by atoms with Crippen LogP contribution in [0.1, 0.15) is 0 Å². The number of nitrogens with zero attached hydrogens (tertiary/aromatic N) is 1. The van der Waals surface area contributed by atoms with Crippen LogP contribution in [-0.4, -0.2) is 4.57 Å². The van der Waals surface area contributed by atoms with Gasteiger partial charge in [0.05, 0.1) is 21.4 Å². The zero-order valence-electron chi connectivity index (χ0n) is 14.3. The van der Waals surface area contributed by atoms with E-state index in [9.17, 15) is 0 Å². The van der Waals surface area contributed by atoms with E-state index in [1.54, 1.807) is 0 Å². The molecule has 0 fully saturated rings. The molecule has 3 heteroatoms. The average molecular weight is 368 g/mol. The highest BCUT2D eigenvalue weighted by molar-refractivity contribution is 6.39. The van der Waals surface area contributed by atoms with E-state index in [0.29, 0.717) is 5.02 Å². The van der Waals surface area contributed by atoms with E-state index in [-0.39, 0.29) is 0 Å². The number of rotatable bonds is 1. The Kier molecular flexibility index (Phi) is 2.97. The van der Waals surface area contributed by atoms with Crippen molar-refractivity contribution in [3.63, 3.8) is 0 Å². The second-order valence-corrected chi connectivity index (χ2v) is 7.15. The number of hydrogen-bond acceptors (Lipinski definition) is 1. The summed E-state index contributed by atoms with van der Waals surface area (Å²) in [6, 6.07) is 29.1. The molecule has 0 aliphatic heterocycles. The zero-order chi connectivity index (χ0) is 18.0. The van der Waals surface area contributed by atoms with Crippen molar-refractivity contribution < 1.29 is 4.42 Å². The lowest BCUT2D eigenvalue weighted by atomic mass is 10.1. The Morgan fingerprint density at radius 1 is 0.704 bits per heavy atom. The normalized spacial score (nSPS) is 11.9. The maximum atomic E-state index is 6.66. The van der Waals surface area contributed by atoms with Gasteiger partial charge < -0.3 is 8.98 Å². The highest BCUT2D eigenvalue weighted by atomic mass is 35.5. The van der Waals surface area contributed by atoms with Gasteiger partial charge in [0, 0.05) is 21.8 Å². The Balaban J connectivity index is 1.98. The number of benzene rings is 4. The Bertz CT molecular complexity index is 1470. The van der Waals surface area contributed by atoms with E-state index in [2.05, 4.69) is 59.2 Å². The summed E-state index contributed by atoms with van der Waals surface area (Å²) in [6.07, 6.45) is 0. The quantitative estimate of drug-likeness (QED) is 0.297. The molecular formula is C24H14ClNO. The van der Waals surface area contributed by atoms with E-state index in [1.165, 1.54) is 5.39 Å². The SMILES string of the molecule is Clc1cc2c3ccccc3n(-c3ccccc3)c2c2c1oc1ccccc12. The number of fused-ring (bicyclic) bond motifs is 7. The van der Waals surface area contributed by atoms with E-state index >= 15 is 0 Å². The van der Waals surface area contributed by atoms with E-state index in [1.807, 2.05) is 30.3 Å². The van der Waals surface area contributed by atoms with Gasteiger partial charge in [-0.3, -0.25) is 0 Å². The smallest absolute Gasteiger partial charge is 0.156 e. The molecule has 27 heavy (non-hydrogen) atoms. The minimum atomic E-state index is 0.643. The predicted molar refractivity (Wildman–Crippen MR) is 113 cm³/mol. The number of aromatic nitrogens is 1. The van der Waals surface area contributed by atoms with Gasteiger partial charge in [0.25, 0.3) is 0 Å². The summed E-state index contributed by atoms with van der Waals surface area (Å²) in [5, 5.41) is 5.11. The van der Waals surface area contributed by atoms with E-state index < -0.39 is 0 Å². The average Bonchev–Trinajstić information content (AvgIpc) is 3.25. The van der Waals surface area contributed by atoms with Crippen LogP contribution in [0.2, 0.25) is 5.02 Å². The third-order valence-electron chi connectivity index (χ3n) is 5.25. The number of para-hydroxylation sites is 3. The number of halogens is 1. The second kappa shape index (κ2) is 5.38. The second-order valence-electron chi connectivity index (χ2n) is 6.75. The summed E-state index contributed by atoms with van der Waals surface area (Å²) in [4.78, 5) is 0. The van der Waals surface area contributed by atoms with Gasteiger partial charge >= 0.3 is 0 Å². The van der Waals surface area contributed by atoms with Gasteiger partial charge in [-0.2, -0.15) is 0 Å². The molecule has 2 heterocycles. The van der Waals surface area contributed by atoms with Gasteiger partial charge in [-0.15, -0.1) is 0 Å². The Hall–Kier alpha value is -3.23. The molecule has 0 aliphatic carbocycles. The molecule has 0 N–H and O–H groups in total. The zero-order valence-corrected chi connectivity index (χ0v) is 15.1. The van der Waals surface area contributed by atoms with Gasteiger partial charge in [-0.25, -0.2) is 0 Å². The van der Waals surface area contributed by atoms with Crippen molar-refractivity contribution in [2.75, 3.05) is 0 Å². The fourth-order valence-corrected chi connectivity index (χ4v) is 4.39. The van der Waals surface area contributed by atoms with Crippen LogP contribution >= 0.6 is 11.6 Å². The molecule has 2 aromatic heterocycles. The third-order valence-corrected chi connectivity index (χ3v) is 5.53. The minimum absolute atomic E-state index is 0.643. The summed E-state index contributed by atoms with van der Waals surface area (Å²) in [5.41, 5.74) is 5.01. The molecule has 6 rings (SSSR count). The molecule has 6 aromatic rings. The maximum Gasteiger partial charge on any atom is 0.156 e. The Morgan fingerprint density at radius 2 is 1.41 bits per heavy atom. The van der Waals surface area contributed by atoms with Crippen LogP contribution in [0.5, 0.6) is 0 Å². The minimum Gasteiger partial charge on any atom is -0.454 e. The van der Waals surface area contributed by atoms with Gasteiger partial charge in [-0.1, -0.05) is 66.2 Å². The lowest BCUT2D eigenvalue weighted by Crippen LogP contribution is -1.93. The highest BCUT2D eigenvalue weighted by Crippen LogP contribution is 2.43. The van der Waals surface area contributed by atoms with E-state index in [0.717, 1.165) is 44.0 Å². The molecule has 0 saturated heterocycles.